The number of nitrogens with zero attached hydrogens (tertiary/aromatic N) is 2. The lowest BCUT2D eigenvalue weighted by Crippen LogP contribution is -2.34. The molecule has 5 nitrogen and oxygen atoms in total. The van der Waals surface area contributed by atoms with Crippen LogP contribution >= 0.6 is 34.5 Å². The van der Waals surface area contributed by atoms with Crippen LogP contribution in [0, 0.1) is 11.8 Å². The van der Waals surface area contributed by atoms with Crippen LogP contribution in [-0.2, 0) is 6.54 Å². The van der Waals surface area contributed by atoms with Gasteiger partial charge in [0.05, 0.1) is 6.54 Å². The Kier molecular flexibility index (Phi) is 8.28. The third-order valence-electron chi connectivity index (χ3n) is 3.76. The largest absolute Gasteiger partial charge is 0.350 e. The monoisotopic (exact) mass is 441 g/mol. The van der Waals surface area contributed by atoms with Gasteiger partial charge in [0.25, 0.3) is 11.8 Å². The fourth-order valence-electron chi connectivity index (χ4n) is 2.56. The standard InChI is InChI=1S/C20H25Cl2N3O2S/c1-12(2)8-23-19(26)17-11-28-18(24-17)10-25(9-13(3)4)20(27)14-5-15(21)7-16(22)6-14/h5-7,11-13H,8-10H2,1-4H3,(H,23,26). The number of amides is 2. The number of rotatable bonds is 8. The first kappa shape index (κ1) is 22.7. The molecule has 152 valence electrons. The van der Waals surface area contributed by atoms with Gasteiger partial charge < -0.3 is 10.2 Å². The molecule has 8 heteroatoms. The van der Waals surface area contributed by atoms with Gasteiger partial charge in [-0.25, -0.2) is 4.98 Å². The fraction of sp³-hybridized carbons (Fsp3) is 0.450. The van der Waals surface area contributed by atoms with Crippen molar-refractivity contribution in [3.8, 4) is 0 Å². The second-order valence-electron chi connectivity index (χ2n) is 7.47. The van der Waals surface area contributed by atoms with Gasteiger partial charge in [-0.1, -0.05) is 50.9 Å². The molecule has 0 spiro atoms. The molecule has 0 aliphatic carbocycles. The van der Waals surface area contributed by atoms with Gasteiger partial charge in [-0.15, -0.1) is 11.3 Å². The van der Waals surface area contributed by atoms with Crippen molar-refractivity contribution < 1.29 is 9.59 Å². The van der Waals surface area contributed by atoms with Crippen LogP contribution in [0.15, 0.2) is 23.6 Å². The van der Waals surface area contributed by atoms with Gasteiger partial charge in [0.2, 0.25) is 0 Å². The Bertz CT molecular complexity index is 816. The van der Waals surface area contributed by atoms with Crippen LogP contribution < -0.4 is 5.32 Å². The van der Waals surface area contributed by atoms with E-state index in [1.54, 1.807) is 28.5 Å². The lowest BCUT2D eigenvalue weighted by atomic mass is 10.1. The molecule has 2 amide bonds. The molecule has 0 saturated heterocycles. The molecular formula is C20H25Cl2N3O2S. The molecule has 0 saturated carbocycles. The summed E-state index contributed by atoms with van der Waals surface area (Å²) in [5.74, 6) is 0.275. The molecule has 0 unspecified atom stereocenters. The molecule has 2 aromatic rings. The number of carbonyl (C=O) groups is 2. The van der Waals surface area contributed by atoms with E-state index >= 15 is 0 Å². The van der Waals surface area contributed by atoms with Crippen LogP contribution in [0.3, 0.4) is 0 Å². The van der Waals surface area contributed by atoms with E-state index in [0.717, 1.165) is 0 Å². The number of hydrogen-bond donors (Lipinski definition) is 1. The summed E-state index contributed by atoms with van der Waals surface area (Å²) in [4.78, 5) is 31.3. The molecule has 1 N–H and O–H groups in total. The summed E-state index contributed by atoms with van der Waals surface area (Å²) in [6, 6.07) is 4.81. The minimum Gasteiger partial charge on any atom is -0.350 e. The van der Waals surface area contributed by atoms with Crippen molar-refractivity contribution in [1.29, 1.82) is 0 Å². The molecule has 1 heterocycles. The number of aromatic nitrogens is 1. The predicted octanol–water partition coefficient (Wildman–Crippen LogP) is 5.13. The second-order valence-corrected chi connectivity index (χ2v) is 9.28. The van der Waals surface area contributed by atoms with Crippen LogP contribution in [-0.4, -0.2) is 34.8 Å². The summed E-state index contributed by atoms with van der Waals surface area (Å²) < 4.78 is 0. The molecule has 1 aromatic carbocycles. The topological polar surface area (TPSA) is 62.3 Å². The van der Waals surface area contributed by atoms with Gasteiger partial charge >= 0.3 is 0 Å². The van der Waals surface area contributed by atoms with E-state index in [2.05, 4.69) is 10.3 Å². The van der Waals surface area contributed by atoms with E-state index in [9.17, 15) is 9.59 Å². The van der Waals surface area contributed by atoms with Crippen LogP contribution in [0.25, 0.3) is 0 Å². The maximum Gasteiger partial charge on any atom is 0.270 e. The molecule has 0 aliphatic heterocycles. The Morgan fingerprint density at radius 2 is 1.75 bits per heavy atom. The third-order valence-corrected chi connectivity index (χ3v) is 5.03. The van der Waals surface area contributed by atoms with E-state index in [1.165, 1.54) is 11.3 Å². The Balaban J connectivity index is 2.16. The van der Waals surface area contributed by atoms with Crippen molar-refractivity contribution >= 4 is 46.4 Å². The zero-order chi connectivity index (χ0) is 20.8. The van der Waals surface area contributed by atoms with Crippen molar-refractivity contribution in [2.45, 2.75) is 34.2 Å². The third kappa shape index (κ3) is 6.76. The highest BCUT2D eigenvalue weighted by atomic mass is 35.5. The average Bonchev–Trinajstić information content (AvgIpc) is 3.05. The number of halogens is 2. The molecule has 0 radical (unpaired) electrons. The number of thiazole rings is 1. The van der Waals surface area contributed by atoms with Crippen molar-refractivity contribution in [3.63, 3.8) is 0 Å². The van der Waals surface area contributed by atoms with E-state index in [4.69, 9.17) is 23.2 Å². The normalized spacial score (nSPS) is 11.1. The zero-order valence-corrected chi connectivity index (χ0v) is 18.8. The highest BCUT2D eigenvalue weighted by Gasteiger charge is 2.20. The quantitative estimate of drug-likeness (QED) is 0.616. The smallest absolute Gasteiger partial charge is 0.270 e. The summed E-state index contributed by atoms with van der Waals surface area (Å²) in [7, 11) is 0. The summed E-state index contributed by atoms with van der Waals surface area (Å²) >= 11 is 13.5. The molecule has 2 rings (SSSR count). The van der Waals surface area contributed by atoms with Gasteiger partial charge in [-0.3, -0.25) is 9.59 Å². The van der Waals surface area contributed by atoms with Gasteiger partial charge in [0.15, 0.2) is 0 Å². The highest BCUT2D eigenvalue weighted by Crippen LogP contribution is 2.22. The van der Waals surface area contributed by atoms with Crippen LogP contribution in [0.5, 0.6) is 0 Å². The summed E-state index contributed by atoms with van der Waals surface area (Å²) in [6.45, 7) is 9.62. The summed E-state index contributed by atoms with van der Waals surface area (Å²) in [5.41, 5.74) is 0.813. The Morgan fingerprint density at radius 3 is 2.32 bits per heavy atom. The molecule has 0 aliphatic rings. The first-order chi connectivity index (χ1) is 13.2. The summed E-state index contributed by atoms with van der Waals surface area (Å²) in [5, 5.41) is 6.11. The van der Waals surface area contributed by atoms with Crippen molar-refractivity contribution in [2.75, 3.05) is 13.1 Å². The van der Waals surface area contributed by atoms with Gasteiger partial charge in [0, 0.05) is 34.1 Å². The summed E-state index contributed by atoms with van der Waals surface area (Å²) in [6.07, 6.45) is 0. The average molecular weight is 442 g/mol. The van der Waals surface area contributed by atoms with E-state index in [-0.39, 0.29) is 17.7 Å². The van der Waals surface area contributed by atoms with Crippen LogP contribution in [0.1, 0.15) is 53.5 Å². The van der Waals surface area contributed by atoms with Gasteiger partial charge in [-0.2, -0.15) is 0 Å². The Labute approximate surface area is 180 Å². The molecule has 1 aromatic heterocycles. The van der Waals surface area contributed by atoms with E-state index in [1.807, 2.05) is 27.7 Å². The van der Waals surface area contributed by atoms with E-state index in [0.29, 0.717) is 51.9 Å². The molecule has 28 heavy (non-hydrogen) atoms. The number of nitrogens with one attached hydrogen (secondary N) is 1. The highest BCUT2D eigenvalue weighted by molar-refractivity contribution is 7.09. The molecule has 0 bridgehead atoms. The van der Waals surface area contributed by atoms with Crippen molar-refractivity contribution in [1.82, 2.24) is 15.2 Å². The van der Waals surface area contributed by atoms with Crippen LogP contribution in [0.4, 0.5) is 0 Å². The fourth-order valence-corrected chi connectivity index (χ4v) is 3.87. The molecule has 0 atom stereocenters. The van der Waals surface area contributed by atoms with Crippen molar-refractivity contribution in [3.05, 3.63) is 49.9 Å². The predicted molar refractivity (Wildman–Crippen MR) is 115 cm³/mol. The zero-order valence-electron chi connectivity index (χ0n) is 16.5. The Hall–Kier alpha value is -1.63. The first-order valence-electron chi connectivity index (χ1n) is 9.13. The van der Waals surface area contributed by atoms with Crippen molar-refractivity contribution in [2.24, 2.45) is 11.8 Å². The lowest BCUT2D eigenvalue weighted by Gasteiger charge is -2.24. The first-order valence-corrected chi connectivity index (χ1v) is 10.8. The number of carbonyl (C=O) groups excluding carboxylic acids is 2. The minimum atomic E-state index is -0.195. The maximum absolute atomic E-state index is 13.0. The molecular weight excluding hydrogens is 417 g/mol. The number of hydrogen-bond acceptors (Lipinski definition) is 4. The van der Waals surface area contributed by atoms with Crippen LogP contribution in [0.2, 0.25) is 10.0 Å². The molecule has 0 fully saturated rings. The van der Waals surface area contributed by atoms with Gasteiger partial charge in [-0.05, 0) is 30.0 Å². The maximum atomic E-state index is 13.0. The lowest BCUT2D eigenvalue weighted by molar-refractivity contribution is 0.0722. The van der Waals surface area contributed by atoms with E-state index < -0.39 is 0 Å². The second kappa shape index (κ2) is 10.2. The Morgan fingerprint density at radius 1 is 1.11 bits per heavy atom. The number of benzene rings is 1. The minimum absolute atomic E-state index is 0.167. The SMILES string of the molecule is CC(C)CNC(=O)c1csc(CN(CC(C)C)C(=O)c2cc(Cl)cc(Cl)c2)n1. The van der Waals surface area contributed by atoms with Gasteiger partial charge in [0.1, 0.15) is 10.7 Å².